The van der Waals surface area contributed by atoms with Gasteiger partial charge in [-0.05, 0) is 63.1 Å². The maximum absolute atomic E-state index is 12.7. The summed E-state index contributed by atoms with van der Waals surface area (Å²) in [5, 5.41) is 6.53. The van der Waals surface area contributed by atoms with Gasteiger partial charge in [-0.25, -0.2) is 0 Å². The number of hydrogen-bond acceptors (Lipinski definition) is 3. The smallest absolute Gasteiger partial charge is 0.241 e. The highest BCUT2D eigenvalue weighted by atomic mass is 35.5. The minimum Gasteiger partial charge on any atom is -0.326 e. The number of hydrogen-bond donors (Lipinski definition) is 2. The van der Waals surface area contributed by atoms with Crippen LogP contribution in [0.5, 0.6) is 0 Å². The monoisotopic (exact) mass is 399 g/mol. The molecule has 0 aromatic heterocycles. The van der Waals surface area contributed by atoms with Crippen molar-refractivity contribution in [3.8, 4) is 0 Å². The predicted molar refractivity (Wildman–Crippen MR) is 114 cm³/mol. The van der Waals surface area contributed by atoms with E-state index < -0.39 is 0 Å². The zero-order chi connectivity index (χ0) is 20.1. The molecule has 2 aromatic rings. The zero-order valence-corrected chi connectivity index (χ0v) is 17.0. The number of benzene rings is 2. The van der Waals surface area contributed by atoms with E-state index in [9.17, 15) is 9.59 Å². The number of para-hydroxylation sites is 1. The third kappa shape index (κ3) is 5.12. The minimum atomic E-state index is -0.328. The summed E-state index contributed by atoms with van der Waals surface area (Å²) in [7, 11) is 0. The van der Waals surface area contributed by atoms with Crippen molar-refractivity contribution in [3.05, 3.63) is 59.1 Å². The van der Waals surface area contributed by atoms with Crippen LogP contribution in [0.1, 0.15) is 25.3 Å². The molecule has 2 atom stereocenters. The number of carbonyl (C=O) groups excluding carboxylic acids is 2. The van der Waals surface area contributed by atoms with Gasteiger partial charge in [-0.2, -0.15) is 0 Å². The molecule has 0 bridgehead atoms. The molecule has 1 aliphatic heterocycles. The Morgan fingerprint density at radius 2 is 1.89 bits per heavy atom. The predicted octanol–water partition coefficient (Wildman–Crippen LogP) is 4.33. The van der Waals surface area contributed by atoms with Crippen molar-refractivity contribution in [2.75, 3.05) is 23.7 Å². The molecule has 6 heteroatoms. The number of aryl methyl sites for hydroxylation is 1. The summed E-state index contributed by atoms with van der Waals surface area (Å²) in [4.78, 5) is 27.4. The van der Waals surface area contributed by atoms with Crippen molar-refractivity contribution >= 4 is 34.8 Å². The van der Waals surface area contributed by atoms with Crippen LogP contribution < -0.4 is 10.6 Å². The molecular formula is C22H26ClN3O2. The number of rotatable bonds is 5. The van der Waals surface area contributed by atoms with Gasteiger partial charge in [-0.3, -0.25) is 14.5 Å². The summed E-state index contributed by atoms with van der Waals surface area (Å²) in [6.45, 7) is 5.19. The van der Waals surface area contributed by atoms with Crippen LogP contribution >= 0.6 is 11.6 Å². The van der Waals surface area contributed by atoms with Crippen molar-refractivity contribution in [1.29, 1.82) is 0 Å². The second-order valence-electron chi connectivity index (χ2n) is 7.31. The summed E-state index contributed by atoms with van der Waals surface area (Å²) in [5.74, 6) is -0.208. The largest absolute Gasteiger partial charge is 0.326 e. The summed E-state index contributed by atoms with van der Waals surface area (Å²) in [6, 6.07) is 14.6. The highest BCUT2D eigenvalue weighted by Gasteiger charge is 2.31. The molecule has 1 fully saturated rings. The number of nitrogens with one attached hydrogen (secondary N) is 2. The molecule has 1 saturated heterocycles. The number of piperidine rings is 1. The van der Waals surface area contributed by atoms with Crippen LogP contribution in [-0.2, 0) is 9.59 Å². The first-order valence-electron chi connectivity index (χ1n) is 9.61. The average Bonchev–Trinajstić information content (AvgIpc) is 2.71. The van der Waals surface area contributed by atoms with E-state index in [4.69, 9.17) is 11.6 Å². The van der Waals surface area contributed by atoms with Gasteiger partial charge >= 0.3 is 0 Å². The molecule has 3 rings (SSSR count). The van der Waals surface area contributed by atoms with E-state index in [2.05, 4.69) is 15.5 Å². The molecule has 1 aliphatic rings. The summed E-state index contributed by atoms with van der Waals surface area (Å²) < 4.78 is 0. The fourth-order valence-corrected chi connectivity index (χ4v) is 3.64. The van der Waals surface area contributed by atoms with Gasteiger partial charge < -0.3 is 10.6 Å². The lowest BCUT2D eigenvalue weighted by Gasteiger charge is -2.35. The van der Waals surface area contributed by atoms with Gasteiger partial charge in [-0.15, -0.1) is 0 Å². The van der Waals surface area contributed by atoms with Crippen LogP contribution in [-0.4, -0.2) is 35.8 Å². The summed E-state index contributed by atoms with van der Waals surface area (Å²) in [5.41, 5.74) is 2.48. The molecule has 0 aliphatic carbocycles. The molecule has 0 radical (unpaired) electrons. The van der Waals surface area contributed by atoms with E-state index in [1.54, 1.807) is 12.1 Å². The lowest BCUT2D eigenvalue weighted by molar-refractivity contribution is -0.125. The van der Waals surface area contributed by atoms with Gasteiger partial charge in [0.05, 0.1) is 12.0 Å². The average molecular weight is 400 g/mol. The molecule has 0 saturated carbocycles. The summed E-state index contributed by atoms with van der Waals surface area (Å²) in [6.07, 6.45) is 1.72. The number of carbonyl (C=O) groups is 2. The number of nitrogens with zero attached hydrogens (tertiary/aromatic N) is 1. The molecule has 0 unspecified atom stereocenters. The van der Waals surface area contributed by atoms with Gasteiger partial charge in [0.25, 0.3) is 0 Å². The van der Waals surface area contributed by atoms with Gasteiger partial charge in [0.15, 0.2) is 0 Å². The van der Waals surface area contributed by atoms with Crippen LogP contribution in [0.15, 0.2) is 48.5 Å². The first kappa shape index (κ1) is 20.4. The molecule has 2 amide bonds. The van der Waals surface area contributed by atoms with E-state index in [-0.39, 0.29) is 23.8 Å². The Morgan fingerprint density at radius 1 is 1.14 bits per heavy atom. The third-order valence-electron chi connectivity index (χ3n) is 5.25. The van der Waals surface area contributed by atoms with Crippen LogP contribution in [0.4, 0.5) is 11.4 Å². The molecule has 5 nitrogen and oxygen atoms in total. The molecule has 1 heterocycles. The SMILES string of the molecule is Cc1ccc(Cl)cc1NC(=O)[C@@H](C)N1CCC[C@H](C(=O)Nc2ccccc2)C1. The van der Waals surface area contributed by atoms with Crippen molar-refractivity contribution in [3.63, 3.8) is 0 Å². The second-order valence-corrected chi connectivity index (χ2v) is 7.75. The van der Waals surface area contributed by atoms with Crippen LogP contribution in [0.25, 0.3) is 0 Å². The molecule has 148 valence electrons. The van der Waals surface area contributed by atoms with Gasteiger partial charge in [0.1, 0.15) is 0 Å². The molecule has 28 heavy (non-hydrogen) atoms. The quantitative estimate of drug-likeness (QED) is 0.786. The highest BCUT2D eigenvalue weighted by molar-refractivity contribution is 6.31. The maximum Gasteiger partial charge on any atom is 0.241 e. The number of halogens is 1. The zero-order valence-electron chi connectivity index (χ0n) is 16.2. The lowest BCUT2D eigenvalue weighted by Crippen LogP contribution is -2.49. The minimum absolute atomic E-state index is 0.00851. The lowest BCUT2D eigenvalue weighted by atomic mass is 9.95. The van der Waals surface area contributed by atoms with Crippen LogP contribution in [0, 0.1) is 12.8 Å². The fourth-order valence-electron chi connectivity index (χ4n) is 3.47. The van der Waals surface area contributed by atoms with Crippen molar-refractivity contribution in [2.24, 2.45) is 5.92 Å². The first-order valence-corrected chi connectivity index (χ1v) is 9.99. The first-order chi connectivity index (χ1) is 13.4. The molecule has 2 N–H and O–H groups in total. The Morgan fingerprint density at radius 3 is 2.64 bits per heavy atom. The Kier molecular flexibility index (Phi) is 6.70. The number of likely N-dealkylation sites (tertiary alicyclic amines) is 1. The van der Waals surface area contributed by atoms with Crippen molar-refractivity contribution < 1.29 is 9.59 Å². The van der Waals surface area contributed by atoms with E-state index in [0.29, 0.717) is 11.6 Å². The van der Waals surface area contributed by atoms with E-state index in [1.807, 2.05) is 50.2 Å². The Balaban J connectivity index is 1.60. The Hall–Kier alpha value is -2.37. The number of anilines is 2. The van der Waals surface area contributed by atoms with Crippen LogP contribution in [0.2, 0.25) is 5.02 Å². The summed E-state index contributed by atoms with van der Waals surface area (Å²) >= 11 is 6.04. The maximum atomic E-state index is 12.7. The van der Waals surface area contributed by atoms with Crippen molar-refractivity contribution in [1.82, 2.24) is 4.90 Å². The van der Waals surface area contributed by atoms with Crippen LogP contribution in [0.3, 0.4) is 0 Å². The molecular weight excluding hydrogens is 374 g/mol. The third-order valence-corrected chi connectivity index (χ3v) is 5.48. The second kappa shape index (κ2) is 9.22. The van der Waals surface area contributed by atoms with E-state index in [1.165, 1.54) is 0 Å². The van der Waals surface area contributed by atoms with Gasteiger partial charge in [-0.1, -0.05) is 35.9 Å². The van der Waals surface area contributed by atoms with Gasteiger partial charge in [0, 0.05) is 22.9 Å². The van der Waals surface area contributed by atoms with Crippen molar-refractivity contribution in [2.45, 2.75) is 32.7 Å². The fraction of sp³-hybridized carbons (Fsp3) is 0.364. The van der Waals surface area contributed by atoms with Gasteiger partial charge in [0.2, 0.25) is 11.8 Å². The molecule has 0 spiro atoms. The standard InChI is InChI=1S/C22H26ClN3O2/c1-15-10-11-18(23)13-20(15)25-21(27)16(2)26-12-6-7-17(14-26)22(28)24-19-8-4-3-5-9-19/h3-5,8-11,13,16-17H,6-7,12,14H2,1-2H3,(H,24,28)(H,25,27)/t16-,17+/m1/s1. The normalized spacial score (nSPS) is 18.3. The topological polar surface area (TPSA) is 61.4 Å². The highest BCUT2D eigenvalue weighted by Crippen LogP contribution is 2.23. The van der Waals surface area contributed by atoms with E-state index >= 15 is 0 Å². The molecule has 2 aromatic carbocycles. The Bertz CT molecular complexity index is 841. The number of amides is 2. The van der Waals surface area contributed by atoms with E-state index in [0.717, 1.165) is 36.3 Å². The Labute approximate surface area is 171 Å².